The van der Waals surface area contributed by atoms with E-state index in [9.17, 15) is 9.18 Å². The highest BCUT2D eigenvalue weighted by Crippen LogP contribution is 2.38. The molecule has 9 heteroatoms. The number of rotatable bonds is 9. The third-order valence-corrected chi connectivity index (χ3v) is 7.73. The number of amides is 2. The minimum absolute atomic E-state index is 0.0794. The van der Waals surface area contributed by atoms with E-state index in [2.05, 4.69) is 34.4 Å². The number of aromatic nitrogens is 2. The SMILES string of the molecule is C=C(/C=C\C)[C@@H]1CN(CCCC)C[C@H]1NC(=O)Nc1c(C)c(-c2cc(F)c3c(c2)NCCO3)nn1-c1ccccc1. The molecule has 0 radical (unpaired) electrons. The summed E-state index contributed by atoms with van der Waals surface area (Å²) in [4.78, 5) is 15.9. The molecule has 2 aliphatic rings. The Labute approximate surface area is 241 Å². The average Bonchev–Trinajstić information content (AvgIpc) is 3.53. The maximum absolute atomic E-state index is 15.0. The van der Waals surface area contributed by atoms with Gasteiger partial charge in [0.05, 0.1) is 23.1 Å². The molecule has 0 saturated carbocycles. The first-order valence-electron chi connectivity index (χ1n) is 14.4. The van der Waals surface area contributed by atoms with E-state index in [0.29, 0.717) is 35.9 Å². The first-order valence-corrected chi connectivity index (χ1v) is 14.4. The van der Waals surface area contributed by atoms with Crippen molar-refractivity contribution in [2.24, 2.45) is 5.92 Å². The Hall–Kier alpha value is -4.11. The Morgan fingerprint density at radius 1 is 1.27 bits per heavy atom. The van der Waals surface area contributed by atoms with Crippen LogP contribution < -0.4 is 20.7 Å². The molecule has 8 nitrogen and oxygen atoms in total. The maximum Gasteiger partial charge on any atom is 0.320 e. The largest absolute Gasteiger partial charge is 0.486 e. The van der Waals surface area contributed by atoms with Gasteiger partial charge in [0.2, 0.25) is 0 Å². The van der Waals surface area contributed by atoms with Crippen LogP contribution in [-0.2, 0) is 0 Å². The molecule has 2 atom stereocenters. The van der Waals surface area contributed by atoms with Crippen molar-refractivity contribution >= 4 is 17.5 Å². The summed E-state index contributed by atoms with van der Waals surface area (Å²) >= 11 is 0. The number of para-hydroxylation sites is 1. The molecule has 216 valence electrons. The molecule has 41 heavy (non-hydrogen) atoms. The Bertz CT molecular complexity index is 1430. The molecular formula is C32H39FN6O2. The van der Waals surface area contributed by atoms with Crippen molar-refractivity contribution in [1.29, 1.82) is 0 Å². The number of anilines is 2. The topological polar surface area (TPSA) is 83.5 Å². The zero-order valence-electron chi connectivity index (χ0n) is 24.0. The molecule has 2 aromatic carbocycles. The first-order chi connectivity index (χ1) is 19.9. The van der Waals surface area contributed by atoms with Crippen LogP contribution in [0.15, 0.2) is 66.8 Å². The second kappa shape index (κ2) is 12.6. The van der Waals surface area contributed by atoms with E-state index < -0.39 is 5.82 Å². The number of urea groups is 1. The molecule has 2 amide bonds. The number of allylic oxidation sites excluding steroid dienone is 2. The van der Waals surface area contributed by atoms with E-state index in [-0.39, 0.29) is 23.7 Å². The predicted octanol–water partition coefficient (Wildman–Crippen LogP) is 6.15. The van der Waals surface area contributed by atoms with Crippen molar-refractivity contribution < 1.29 is 13.9 Å². The summed E-state index contributed by atoms with van der Waals surface area (Å²) in [6.07, 6.45) is 6.25. The van der Waals surface area contributed by atoms with Crippen LogP contribution >= 0.6 is 0 Å². The van der Waals surface area contributed by atoms with E-state index in [1.54, 1.807) is 4.68 Å². The minimum atomic E-state index is -0.452. The van der Waals surface area contributed by atoms with Gasteiger partial charge >= 0.3 is 6.03 Å². The third-order valence-electron chi connectivity index (χ3n) is 7.73. The molecule has 3 N–H and O–H groups in total. The normalized spacial score (nSPS) is 18.5. The summed E-state index contributed by atoms with van der Waals surface area (Å²) in [5.41, 5.74) is 4.28. The van der Waals surface area contributed by atoms with Gasteiger partial charge in [0.15, 0.2) is 11.6 Å². The molecule has 0 spiro atoms. The van der Waals surface area contributed by atoms with E-state index in [0.717, 1.165) is 49.3 Å². The molecule has 2 aliphatic heterocycles. The van der Waals surface area contributed by atoms with Gasteiger partial charge in [-0.05, 0) is 56.7 Å². The number of nitrogens with zero attached hydrogens (tertiary/aromatic N) is 3. The van der Waals surface area contributed by atoms with Crippen LogP contribution in [0.5, 0.6) is 5.75 Å². The lowest BCUT2D eigenvalue weighted by molar-refractivity contribution is 0.246. The smallest absolute Gasteiger partial charge is 0.320 e. The molecule has 3 aromatic rings. The van der Waals surface area contributed by atoms with Gasteiger partial charge in [-0.25, -0.2) is 13.9 Å². The molecule has 0 aliphatic carbocycles. The second-order valence-electron chi connectivity index (χ2n) is 10.7. The molecule has 1 aromatic heterocycles. The summed E-state index contributed by atoms with van der Waals surface area (Å²) in [5, 5.41) is 14.3. The highest BCUT2D eigenvalue weighted by Gasteiger charge is 2.35. The molecule has 5 rings (SSSR count). The van der Waals surface area contributed by atoms with Gasteiger partial charge in [-0.2, -0.15) is 5.10 Å². The number of unbranched alkanes of at least 4 members (excludes halogenated alkanes) is 1. The van der Waals surface area contributed by atoms with Crippen molar-refractivity contribution in [3.05, 3.63) is 78.1 Å². The van der Waals surface area contributed by atoms with Crippen LogP contribution in [0, 0.1) is 18.7 Å². The van der Waals surface area contributed by atoms with Crippen LogP contribution in [0.3, 0.4) is 0 Å². The van der Waals surface area contributed by atoms with E-state index in [1.165, 1.54) is 6.07 Å². The predicted molar refractivity (Wildman–Crippen MR) is 162 cm³/mol. The van der Waals surface area contributed by atoms with Crippen LogP contribution in [0.2, 0.25) is 0 Å². The van der Waals surface area contributed by atoms with Crippen molar-refractivity contribution in [3.63, 3.8) is 0 Å². The first kappa shape index (κ1) is 28.4. The number of likely N-dealkylation sites (tertiary alicyclic amines) is 1. The van der Waals surface area contributed by atoms with E-state index >= 15 is 0 Å². The number of ether oxygens (including phenoxy) is 1. The van der Waals surface area contributed by atoms with Crippen molar-refractivity contribution in [3.8, 4) is 22.7 Å². The molecule has 1 saturated heterocycles. The van der Waals surface area contributed by atoms with E-state index in [4.69, 9.17) is 9.84 Å². The fourth-order valence-corrected chi connectivity index (χ4v) is 5.64. The van der Waals surface area contributed by atoms with Crippen molar-refractivity contribution in [2.45, 2.75) is 39.7 Å². The maximum atomic E-state index is 15.0. The monoisotopic (exact) mass is 558 g/mol. The molecular weight excluding hydrogens is 519 g/mol. The fourth-order valence-electron chi connectivity index (χ4n) is 5.64. The third kappa shape index (κ3) is 6.15. The number of carbonyl (C=O) groups excluding carboxylic acids is 1. The van der Waals surface area contributed by atoms with E-state index in [1.807, 2.05) is 62.4 Å². The standard InChI is InChI=1S/C32H39FN6O2/c1-5-7-15-38-19-25(21(3)11-6-2)28(20-38)35-32(40)36-31-22(4)29(37-39(31)24-12-9-8-10-13-24)23-17-26(33)30-27(18-23)34-14-16-41-30/h6,8-13,17-18,25,28,34H,3,5,7,14-16,19-20H2,1-2,4H3,(H2,35,36,40)/b11-6-/t25-,28+/m0/s1. The van der Waals surface area contributed by atoms with Crippen LogP contribution in [0.1, 0.15) is 32.3 Å². The quantitative estimate of drug-likeness (QED) is 0.275. The molecule has 3 heterocycles. The number of benzene rings is 2. The summed E-state index contributed by atoms with van der Waals surface area (Å²) in [7, 11) is 0. The second-order valence-corrected chi connectivity index (χ2v) is 10.7. The molecule has 0 bridgehead atoms. The van der Waals surface area contributed by atoms with Gasteiger partial charge in [0.1, 0.15) is 12.4 Å². The lowest BCUT2D eigenvalue weighted by atomic mass is 9.95. The van der Waals surface area contributed by atoms with Gasteiger partial charge in [-0.1, -0.05) is 50.3 Å². The van der Waals surface area contributed by atoms with Crippen molar-refractivity contribution in [2.75, 3.05) is 43.4 Å². The van der Waals surface area contributed by atoms with Gasteiger partial charge in [0.25, 0.3) is 0 Å². The Morgan fingerprint density at radius 2 is 2.07 bits per heavy atom. The summed E-state index contributed by atoms with van der Waals surface area (Å²) < 4.78 is 22.2. The zero-order chi connectivity index (χ0) is 28.9. The number of nitrogens with one attached hydrogen (secondary N) is 3. The number of hydrogen-bond acceptors (Lipinski definition) is 5. The molecule has 0 unspecified atom stereocenters. The lowest BCUT2D eigenvalue weighted by Crippen LogP contribution is -2.43. The number of hydrogen-bond donors (Lipinski definition) is 3. The highest BCUT2D eigenvalue weighted by atomic mass is 19.1. The van der Waals surface area contributed by atoms with Gasteiger partial charge in [-0.15, -0.1) is 0 Å². The molecule has 1 fully saturated rings. The average molecular weight is 559 g/mol. The summed E-state index contributed by atoms with van der Waals surface area (Å²) in [6.45, 7) is 14.0. The fraction of sp³-hybridized carbons (Fsp3) is 0.375. The van der Waals surface area contributed by atoms with Crippen LogP contribution in [0.25, 0.3) is 16.9 Å². The van der Waals surface area contributed by atoms with Gasteiger partial charge < -0.3 is 20.3 Å². The zero-order valence-corrected chi connectivity index (χ0v) is 24.0. The van der Waals surface area contributed by atoms with Crippen LogP contribution in [-0.4, -0.2) is 59.5 Å². The highest BCUT2D eigenvalue weighted by molar-refractivity contribution is 5.91. The summed E-state index contributed by atoms with van der Waals surface area (Å²) in [5.74, 6) is 0.414. The van der Waals surface area contributed by atoms with Gasteiger partial charge in [0, 0.05) is 36.7 Å². The Balaban J connectivity index is 1.44. The lowest BCUT2D eigenvalue weighted by Gasteiger charge is -2.21. The number of fused-ring (bicyclic) bond motifs is 1. The van der Waals surface area contributed by atoms with Crippen LogP contribution in [0.4, 0.5) is 20.7 Å². The van der Waals surface area contributed by atoms with Gasteiger partial charge in [-0.3, -0.25) is 5.32 Å². The number of halogens is 1. The summed E-state index contributed by atoms with van der Waals surface area (Å²) in [6, 6.07) is 12.5. The minimum Gasteiger partial charge on any atom is -0.486 e. The number of carbonyl (C=O) groups is 1. The van der Waals surface area contributed by atoms with Crippen molar-refractivity contribution in [1.82, 2.24) is 20.0 Å². The Kier molecular flexibility index (Phi) is 8.73. The Morgan fingerprint density at radius 3 is 2.83 bits per heavy atom.